The van der Waals surface area contributed by atoms with Gasteiger partial charge in [-0.25, -0.2) is 4.79 Å². The molecule has 20 heavy (non-hydrogen) atoms. The van der Waals surface area contributed by atoms with E-state index in [2.05, 4.69) is 9.97 Å². The Morgan fingerprint density at radius 1 is 1.10 bits per heavy atom. The lowest BCUT2D eigenvalue weighted by Gasteiger charge is -2.22. The number of carbonyl (C=O) groups excluding carboxylic acids is 1. The fourth-order valence-corrected chi connectivity index (χ4v) is 2.40. The van der Waals surface area contributed by atoms with Crippen molar-refractivity contribution in [1.82, 2.24) is 9.97 Å². The SMILES string of the molecule is O=C1CC(c2ccc(Cl)cc2)c2c([nH]c(=O)[nH]c2=O)O1. The molecule has 0 aliphatic carbocycles. The Labute approximate surface area is 117 Å². The highest BCUT2D eigenvalue weighted by molar-refractivity contribution is 6.30. The Bertz CT molecular complexity index is 791. The summed E-state index contributed by atoms with van der Waals surface area (Å²) in [6, 6.07) is 6.83. The normalized spacial score (nSPS) is 17.4. The zero-order valence-electron chi connectivity index (χ0n) is 10.1. The first-order chi connectivity index (χ1) is 9.54. The third-order valence-corrected chi connectivity index (χ3v) is 3.40. The van der Waals surface area contributed by atoms with E-state index in [1.54, 1.807) is 24.3 Å². The highest BCUT2D eigenvalue weighted by Crippen LogP contribution is 2.34. The number of benzene rings is 1. The van der Waals surface area contributed by atoms with Gasteiger partial charge < -0.3 is 4.74 Å². The van der Waals surface area contributed by atoms with Gasteiger partial charge >= 0.3 is 11.7 Å². The van der Waals surface area contributed by atoms with Crippen LogP contribution in [0.3, 0.4) is 0 Å². The first kappa shape index (κ1) is 12.7. The topological polar surface area (TPSA) is 92.0 Å². The monoisotopic (exact) mass is 292 g/mol. The lowest BCUT2D eigenvalue weighted by Crippen LogP contribution is -2.33. The van der Waals surface area contributed by atoms with Crippen LogP contribution >= 0.6 is 11.6 Å². The zero-order chi connectivity index (χ0) is 14.3. The molecule has 102 valence electrons. The largest absolute Gasteiger partial charge is 0.409 e. The van der Waals surface area contributed by atoms with Crippen molar-refractivity contribution in [2.45, 2.75) is 12.3 Å². The summed E-state index contributed by atoms with van der Waals surface area (Å²) < 4.78 is 4.93. The van der Waals surface area contributed by atoms with Gasteiger partial charge in [0.25, 0.3) is 5.56 Å². The van der Waals surface area contributed by atoms with E-state index in [0.29, 0.717) is 5.02 Å². The quantitative estimate of drug-likeness (QED) is 0.771. The predicted octanol–water partition coefficient (Wildman–Crippen LogP) is 1.16. The van der Waals surface area contributed by atoms with E-state index in [9.17, 15) is 14.4 Å². The summed E-state index contributed by atoms with van der Waals surface area (Å²) in [5, 5.41) is 0.558. The molecular weight excluding hydrogens is 284 g/mol. The zero-order valence-corrected chi connectivity index (χ0v) is 10.9. The van der Waals surface area contributed by atoms with Crippen molar-refractivity contribution in [1.29, 1.82) is 0 Å². The van der Waals surface area contributed by atoms with E-state index in [1.807, 2.05) is 0 Å². The van der Waals surface area contributed by atoms with Gasteiger partial charge in [-0.3, -0.25) is 19.6 Å². The minimum Gasteiger partial charge on any atom is -0.409 e. The van der Waals surface area contributed by atoms with Gasteiger partial charge in [0.15, 0.2) is 0 Å². The molecule has 3 rings (SSSR count). The molecule has 1 unspecified atom stereocenters. The minimum atomic E-state index is -0.710. The summed E-state index contributed by atoms with van der Waals surface area (Å²) in [6.45, 7) is 0. The molecule has 0 amide bonds. The molecule has 6 nitrogen and oxygen atoms in total. The molecule has 0 radical (unpaired) electrons. The van der Waals surface area contributed by atoms with Gasteiger partial charge in [0.2, 0.25) is 5.88 Å². The first-order valence-corrected chi connectivity index (χ1v) is 6.25. The lowest BCUT2D eigenvalue weighted by molar-refractivity contribution is -0.136. The maximum Gasteiger partial charge on any atom is 0.328 e. The Morgan fingerprint density at radius 3 is 2.50 bits per heavy atom. The van der Waals surface area contributed by atoms with Crippen LogP contribution in [0.25, 0.3) is 0 Å². The Morgan fingerprint density at radius 2 is 1.80 bits per heavy atom. The van der Waals surface area contributed by atoms with Crippen LogP contribution in [0.5, 0.6) is 5.88 Å². The van der Waals surface area contributed by atoms with Crippen molar-refractivity contribution in [2.75, 3.05) is 0 Å². The molecule has 2 heterocycles. The van der Waals surface area contributed by atoms with Gasteiger partial charge in [-0.2, -0.15) is 0 Å². The Hall–Kier alpha value is -2.34. The molecule has 1 aliphatic heterocycles. The molecule has 0 saturated heterocycles. The number of fused-ring (bicyclic) bond motifs is 1. The number of H-pyrrole nitrogens is 2. The number of esters is 1. The van der Waals surface area contributed by atoms with Gasteiger partial charge in [-0.1, -0.05) is 23.7 Å². The van der Waals surface area contributed by atoms with Crippen molar-refractivity contribution in [3.05, 3.63) is 61.3 Å². The van der Waals surface area contributed by atoms with E-state index < -0.39 is 23.1 Å². The second-order valence-electron chi connectivity index (χ2n) is 4.43. The lowest BCUT2D eigenvalue weighted by atomic mass is 9.88. The van der Waals surface area contributed by atoms with E-state index in [1.165, 1.54) is 0 Å². The average molecular weight is 293 g/mol. The third kappa shape index (κ3) is 2.14. The highest BCUT2D eigenvalue weighted by Gasteiger charge is 2.32. The number of nitrogens with one attached hydrogen (secondary N) is 2. The number of carbonyl (C=O) groups is 1. The molecule has 1 aromatic heterocycles. The summed E-state index contributed by atoms with van der Waals surface area (Å²) in [5.41, 5.74) is -0.272. The maximum atomic E-state index is 11.9. The number of ether oxygens (including phenoxy) is 1. The van der Waals surface area contributed by atoms with Crippen LogP contribution < -0.4 is 16.0 Å². The van der Waals surface area contributed by atoms with E-state index >= 15 is 0 Å². The van der Waals surface area contributed by atoms with Crippen molar-refractivity contribution >= 4 is 17.6 Å². The van der Waals surface area contributed by atoms with Crippen molar-refractivity contribution < 1.29 is 9.53 Å². The fourth-order valence-electron chi connectivity index (χ4n) is 2.28. The van der Waals surface area contributed by atoms with Crippen LogP contribution in [0.2, 0.25) is 5.02 Å². The van der Waals surface area contributed by atoms with Gasteiger partial charge in [0, 0.05) is 10.9 Å². The molecule has 0 saturated carbocycles. The summed E-state index contributed by atoms with van der Waals surface area (Å²) in [4.78, 5) is 39.3. The smallest absolute Gasteiger partial charge is 0.328 e. The second-order valence-corrected chi connectivity index (χ2v) is 4.87. The van der Waals surface area contributed by atoms with Crippen LogP contribution in [0.4, 0.5) is 0 Å². The minimum absolute atomic E-state index is 0.0315. The molecule has 1 atom stereocenters. The van der Waals surface area contributed by atoms with Crippen molar-refractivity contribution in [3.8, 4) is 5.88 Å². The molecule has 2 aromatic rings. The fraction of sp³-hybridized carbons (Fsp3) is 0.154. The van der Waals surface area contributed by atoms with Crippen molar-refractivity contribution in [2.24, 2.45) is 0 Å². The number of hydrogen-bond donors (Lipinski definition) is 2. The third-order valence-electron chi connectivity index (χ3n) is 3.15. The van der Waals surface area contributed by atoms with E-state index in [4.69, 9.17) is 16.3 Å². The van der Waals surface area contributed by atoms with Gasteiger partial charge in [-0.15, -0.1) is 0 Å². The van der Waals surface area contributed by atoms with Gasteiger partial charge in [0.1, 0.15) is 0 Å². The molecule has 2 N–H and O–H groups in total. The first-order valence-electron chi connectivity index (χ1n) is 5.87. The van der Waals surface area contributed by atoms with E-state index in [0.717, 1.165) is 5.56 Å². The molecule has 0 fully saturated rings. The van der Waals surface area contributed by atoms with Crippen LogP contribution in [0.15, 0.2) is 33.9 Å². The van der Waals surface area contributed by atoms with Crippen molar-refractivity contribution in [3.63, 3.8) is 0 Å². The molecular formula is C13H9ClN2O4. The molecule has 1 aliphatic rings. The Balaban J connectivity index is 2.19. The van der Waals surface area contributed by atoms with Crippen LogP contribution in [0.1, 0.15) is 23.5 Å². The highest BCUT2D eigenvalue weighted by atomic mass is 35.5. The predicted molar refractivity (Wildman–Crippen MR) is 71.2 cm³/mol. The molecule has 1 aromatic carbocycles. The summed E-state index contributed by atoms with van der Waals surface area (Å²) >= 11 is 5.82. The van der Waals surface area contributed by atoms with Crippen LogP contribution in [-0.2, 0) is 4.79 Å². The molecule has 7 heteroatoms. The number of rotatable bonds is 1. The second kappa shape index (κ2) is 4.64. The standard InChI is InChI=1S/C13H9ClN2O4/c14-7-3-1-6(2-4-7)8-5-9(17)20-12-10(8)11(18)15-13(19)16-12/h1-4,8H,5H2,(H2,15,16,18,19). The van der Waals surface area contributed by atoms with E-state index in [-0.39, 0.29) is 17.9 Å². The molecule has 0 spiro atoms. The van der Waals surface area contributed by atoms with Crippen LogP contribution in [0, 0.1) is 0 Å². The van der Waals surface area contributed by atoms with Crippen LogP contribution in [-0.4, -0.2) is 15.9 Å². The summed E-state index contributed by atoms with van der Waals surface area (Å²) in [5.74, 6) is -1.06. The number of aromatic nitrogens is 2. The summed E-state index contributed by atoms with van der Waals surface area (Å²) in [6.07, 6.45) is 0.0315. The maximum absolute atomic E-state index is 11.9. The van der Waals surface area contributed by atoms with Gasteiger partial charge in [0.05, 0.1) is 12.0 Å². The molecule has 0 bridgehead atoms. The number of halogens is 1. The number of hydrogen-bond acceptors (Lipinski definition) is 4. The van der Waals surface area contributed by atoms with Gasteiger partial charge in [-0.05, 0) is 17.7 Å². The summed E-state index contributed by atoms with van der Waals surface area (Å²) in [7, 11) is 0. The Kier molecular flexibility index (Phi) is 2.94. The number of aromatic amines is 2. The average Bonchev–Trinajstić information content (AvgIpc) is 2.37.